The van der Waals surface area contributed by atoms with Gasteiger partial charge < -0.3 is 20.7 Å². The molecule has 0 fully saturated rings. The molecule has 0 saturated heterocycles. The van der Waals surface area contributed by atoms with Gasteiger partial charge in [0.15, 0.2) is 0 Å². The summed E-state index contributed by atoms with van der Waals surface area (Å²) in [7, 11) is 0. The highest BCUT2D eigenvalue weighted by molar-refractivity contribution is 6.04. The van der Waals surface area contributed by atoms with Crippen LogP contribution in [0.2, 0.25) is 0 Å². The Morgan fingerprint density at radius 3 is 2.51 bits per heavy atom. The van der Waals surface area contributed by atoms with Gasteiger partial charge in [0.2, 0.25) is 17.8 Å². The maximum absolute atomic E-state index is 13.0. The van der Waals surface area contributed by atoms with E-state index in [2.05, 4.69) is 25.9 Å². The number of aromatic nitrogens is 2. The van der Waals surface area contributed by atoms with E-state index in [-0.39, 0.29) is 23.8 Å². The first-order valence-electron chi connectivity index (χ1n) is 11.3. The fourth-order valence-electron chi connectivity index (χ4n) is 3.62. The van der Waals surface area contributed by atoms with Crippen LogP contribution in [0.25, 0.3) is 0 Å². The van der Waals surface area contributed by atoms with Crippen molar-refractivity contribution in [2.24, 2.45) is 0 Å². The Balaban J connectivity index is 1.50. The maximum atomic E-state index is 13.0. The van der Waals surface area contributed by atoms with Crippen molar-refractivity contribution in [3.63, 3.8) is 0 Å². The Bertz CT molecular complexity index is 1290. The number of hydrogen-bond acceptors (Lipinski definition) is 7. The van der Waals surface area contributed by atoms with E-state index in [0.29, 0.717) is 23.5 Å². The van der Waals surface area contributed by atoms with Crippen molar-refractivity contribution in [2.45, 2.75) is 32.1 Å². The molecule has 2 heterocycles. The van der Waals surface area contributed by atoms with Crippen molar-refractivity contribution in [1.82, 2.24) is 9.97 Å². The summed E-state index contributed by atoms with van der Waals surface area (Å²) in [6.07, 6.45) is 1.51. The Hall–Kier alpha value is -4.47. The minimum absolute atomic E-state index is 0.0359. The molecule has 1 unspecified atom stereocenters. The summed E-state index contributed by atoms with van der Waals surface area (Å²) >= 11 is 0. The summed E-state index contributed by atoms with van der Waals surface area (Å²) < 4.78 is 5.17. The van der Waals surface area contributed by atoms with Gasteiger partial charge in [-0.05, 0) is 42.8 Å². The number of ether oxygens (including phenoxy) is 1. The number of para-hydroxylation sites is 1. The van der Waals surface area contributed by atoms with Crippen molar-refractivity contribution in [3.8, 4) is 0 Å². The van der Waals surface area contributed by atoms with Crippen LogP contribution in [-0.2, 0) is 14.3 Å². The van der Waals surface area contributed by atoms with Gasteiger partial charge in [-0.2, -0.15) is 4.98 Å². The lowest BCUT2D eigenvalue weighted by atomic mass is 9.92. The van der Waals surface area contributed by atoms with Gasteiger partial charge in [0.05, 0.1) is 23.7 Å². The number of carbonyl (C=O) groups is 3. The van der Waals surface area contributed by atoms with Gasteiger partial charge in [0, 0.05) is 17.8 Å². The van der Waals surface area contributed by atoms with Gasteiger partial charge in [-0.1, -0.05) is 31.5 Å². The molecule has 180 valence electrons. The number of esters is 1. The quantitative estimate of drug-likeness (QED) is 0.288. The number of carbonyl (C=O) groups excluding carboxylic acids is 3. The molecule has 10 nitrogen and oxygen atoms in total. The third kappa shape index (κ3) is 5.72. The molecule has 2 aromatic carbocycles. The van der Waals surface area contributed by atoms with Crippen molar-refractivity contribution < 1.29 is 19.1 Å². The largest absolute Gasteiger partial charge is 0.462 e. The van der Waals surface area contributed by atoms with Crippen LogP contribution in [0.1, 0.15) is 48.0 Å². The molecule has 35 heavy (non-hydrogen) atoms. The fraction of sp³-hybridized carbons (Fsp3) is 0.240. The number of rotatable bonds is 8. The highest BCUT2D eigenvalue weighted by Crippen LogP contribution is 2.30. The zero-order valence-electron chi connectivity index (χ0n) is 19.1. The lowest BCUT2D eigenvalue weighted by Crippen LogP contribution is -2.36. The fourth-order valence-corrected chi connectivity index (χ4v) is 3.62. The van der Waals surface area contributed by atoms with Crippen LogP contribution >= 0.6 is 0 Å². The predicted molar refractivity (Wildman–Crippen MR) is 131 cm³/mol. The number of benzene rings is 2. The monoisotopic (exact) mass is 475 g/mol. The molecule has 1 aromatic heterocycles. The minimum Gasteiger partial charge on any atom is -0.462 e. The first-order chi connectivity index (χ1) is 16.9. The number of anilines is 4. The van der Waals surface area contributed by atoms with Gasteiger partial charge in [-0.3, -0.25) is 19.4 Å². The van der Waals surface area contributed by atoms with Crippen molar-refractivity contribution in [2.75, 3.05) is 22.6 Å². The number of H-pyrrole nitrogens is 1. The highest BCUT2D eigenvalue weighted by atomic mass is 16.5. The maximum Gasteiger partial charge on any atom is 0.338 e. The number of amides is 2. The number of aromatic amines is 1. The van der Waals surface area contributed by atoms with E-state index in [1.165, 1.54) is 0 Å². The molecular formula is C25H25N5O5. The molecule has 0 aliphatic carbocycles. The third-order valence-corrected chi connectivity index (χ3v) is 5.42. The Morgan fingerprint density at radius 1 is 1.06 bits per heavy atom. The van der Waals surface area contributed by atoms with Crippen LogP contribution in [0.4, 0.5) is 23.1 Å². The zero-order chi connectivity index (χ0) is 24.8. The smallest absolute Gasteiger partial charge is 0.338 e. The standard InChI is InChI=1S/C25H25N5O5/c1-2-3-13-35-24(34)15-9-11-17(12-10-15)26-22(32)18-14-19(31)28-21-20(18)23(33)30-25(29-21)27-16-7-5-4-6-8-16/h4-12,18H,2-3,13-14H2,1H3,(H,26,32)(H3,27,28,29,30,31,33). The molecule has 4 rings (SSSR count). The molecule has 1 aliphatic rings. The van der Waals surface area contributed by atoms with Crippen LogP contribution in [0.5, 0.6) is 0 Å². The molecule has 2 amide bonds. The minimum atomic E-state index is -1.03. The Kier molecular flexibility index (Phi) is 7.20. The summed E-state index contributed by atoms with van der Waals surface area (Å²) in [5.74, 6) is -2.25. The number of fused-ring (bicyclic) bond motifs is 1. The van der Waals surface area contributed by atoms with E-state index in [9.17, 15) is 19.2 Å². The van der Waals surface area contributed by atoms with E-state index in [4.69, 9.17) is 4.74 Å². The van der Waals surface area contributed by atoms with Crippen LogP contribution < -0.4 is 21.5 Å². The second kappa shape index (κ2) is 10.6. The van der Waals surface area contributed by atoms with Gasteiger partial charge in [0.1, 0.15) is 5.82 Å². The van der Waals surface area contributed by atoms with Crippen molar-refractivity contribution >= 4 is 40.9 Å². The Labute approximate surface area is 201 Å². The molecule has 10 heteroatoms. The zero-order valence-corrected chi connectivity index (χ0v) is 19.1. The summed E-state index contributed by atoms with van der Waals surface area (Å²) in [6.45, 7) is 2.35. The van der Waals surface area contributed by atoms with E-state index < -0.39 is 29.3 Å². The summed E-state index contributed by atoms with van der Waals surface area (Å²) in [4.78, 5) is 57.1. The van der Waals surface area contributed by atoms with Gasteiger partial charge in [-0.25, -0.2) is 4.79 Å². The molecular weight excluding hydrogens is 450 g/mol. The van der Waals surface area contributed by atoms with Crippen molar-refractivity contribution in [3.05, 3.63) is 76.1 Å². The molecule has 0 spiro atoms. The second-order valence-corrected chi connectivity index (χ2v) is 8.03. The van der Waals surface area contributed by atoms with Crippen LogP contribution in [0.3, 0.4) is 0 Å². The average Bonchev–Trinajstić information content (AvgIpc) is 2.84. The van der Waals surface area contributed by atoms with Gasteiger partial charge in [0.25, 0.3) is 5.56 Å². The lowest BCUT2D eigenvalue weighted by molar-refractivity contribution is -0.123. The molecule has 0 radical (unpaired) electrons. The van der Waals surface area contributed by atoms with Crippen molar-refractivity contribution in [1.29, 1.82) is 0 Å². The highest BCUT2D eigenvalue weighted by Gasteiger charge is 2.34. The molecule has 3 aromatic rings. The normalized spacial score (nSPS) is 14.4. The van der Waals surface area contributed by atoms with Gasteiger partial charge in [-0.15, -0.1) is 0 Å². The number of nitrogens with zero attached hydrogens (tertiary/aromatic N) is 1. The number of unbranched alkanes of at least 4 members (excludes halogenated alkanes) is 1. The molecule has 1 aliphatic heterocycles. The lowest BCUT2D eigenvalue weighted by Gasteiger charge is -2.23. The van der Waals surface area contributed by atoms with E-state index in [0.717, 1.165) is 12.8 Å². The average molecular weight is 476 g/mol. The van der Waals surface area contributed by atoms with E-state index >= 15 is 0 Å². The molecule has 4 N–H and O–H groups in total. The van der Waals surface area contributed by atoms with Crippen LogP contribution in [0.15, 0.2) is 59.4 Å². The third-order valence-electron chi connectivity index (χ3n) is 5.42. The molecule has 1 atom stereocenters. The van der Waals surface area contributed by atoms with Gasteiger partial charge >= 0.3 is 5.97 Å². The number of nitrogens with one attached hydrogen (secondary N) is 4. The summed E-state index contributed by atoms with van der Waals surface area (Å²) in [5, 5.41) is 8.25. The first kappa shape index (κ1) is 23.7. The van der Waals surface area contributed by atoms with Crippen LogP contribution in [-0.4, -0.2) is 34.4 Å². The summed E-state index contributed by atoms with van der Waals surface area (Å²) in [6, 6.07) is 15.3. The molecule has 0 bridgehead atoms. The SMILES string of the molecule is CCCCOC(=O)c1ccc(NC(=O)C2CC(=O)Nc3nc(Nc4ccccc4)[nH]c(=O)c32)cc1. The Morgan fingerprint density at radius 2 is 1.80 bits per heavy atom. The van der Waals surface area contributed by atoms with Crippen LogP contribution in [0, 0.1) is 0 Å². The predicted octanol–water partition coefficient (Wildman–Crippen LogP) is 3.53. The topological polar surface area (TPSA) is 142 Å². The molecule has 0 saturated carbocycles. The number of hydrogen-bond donors (Lipinski definition) is 4. The summed E-state index contributed by atoms with van der Waals surface area (Å²) in [5.41, 5.74) is 1.03. The van der Waals surface area contributed by atoms with E-state index in [1.807, 2.05) is 25.1 Å². The van der Waals surface area contributed by atoms with E-state index in [1.54, 1.807) is 36.4 Å². The second-order valence-electron chi connectivity index (χ2n) is 8.03. The first-order valence-corrected chi connectivity index (χ1v) is 11.3.